The van der Waals surface area contributed by atoms with Crippen LogP contribution < -0.4 is 0 Å². The van der Waals surface area contributed by atoms with Crippen molar-refractivity contribution in [3.8, 4) is 0 Å². The van der Waals surface area contributed by atoms with Gasteiger partial charge in [0.25, 0.3) is 0 Å². The van der Waals surface area contributed by atoms with Gasteiger partial charge in [-0.15, -0.1) is 11.8 Å². The van der Waals surface area contributed by atoms with Gasteiger partial charge >= 0.3 is 0 Å². The van der Waals surface area contributed by atoms with Crippen LogP contribution in [0, 0.1) is 0 Å². The van der Waals surface area contributed by atoms with E-state index in [2.05, 4.69) is 9.97 Å². The van der Waals surface area contributed by atoms with E-state index in [-0.39, 0.29) is 11.7 Å². The lowest BCUT2D eigenvalue weighted by Crippen LogP contribution is -2.06. The van der Waals surface area contributed by atoms with Crippen LogP contribution in [0.4, 0.5) is 0 Å². The third kappa shape index (κ3) is 4.81. The van der Waals surface area contributed by atoms with Crippen LogP contribution in [0.2, 0.25) is 5.15 Å². The molecule has 0 aliphatic carbocycles. The second kappa shape index (κ2) is 6.02. The number of thioether (sulfide) groups is 1. The standard InChI is InChI=1S/C10H15ClN2O2S2/c1-7(2)8-9(11)12-6-13-10(8)16-4-5-17(3,14)15/h6-7H,4-5H2,1-3H3. The molecule has 1 rings (SSSR count). The Kier molecular flexibility index (Phi) is 5.22. The predicted octanol–water partition coefficient (Wildman–Crippen LogP) is 2.39. The molecule has 0 spiro atoms. The van der Waals surface area contributed by atoms with Gasteiger partial charge in [0.1, 0.15) is 26.3 Å². The zero-order valence-electron chi connectivity index (χ0n) is 9.97. The molecule has 1 aromatic rings. The Morgan fingerprint density at radius 2 is 2.06 bits per heavy atom. The molecule has 0 bridgehead atoms. The number of sulfone groups is 1. The van der Waals surface area contributed by atoms with Gasteiger partial charge in [-0.3, -0.25) is 0 Å². The van der Waals surface area contributed by atoms with Gasteiger partial charge in [-0.05, 0) is 5.92 Å². The monoisotopic (exact) mass is 294 g/mol. The van der Waals surface area contributed by atoms with Gasteiger partial charge < -0.3 is 0 Å². The number of hydrogen-bond acceptors (Lipinski definition) is 5. The van der Waals surface area contributed by atoms with Crippen molar-refractivity contribution < 1.29 is 8.42 Å². The van der Waals surface area contributed by atoms with Crippen LogP contribution in [0.3, 0.4) is 0 Å². The summed E-state index contributed by atoms with van der Waals surface area (Å²) in [5.41, 5.74) is 0.882. The summed E-state index contributed by atoms with van der Waals surface area (Å²) in [7, 11) is -2.93. The molecule has 0 unspecified atom stereocenters. The third-order valence-corrected chi connectivity index (χ3v) is 4.58. The maximum atomic E-state index is 11.0. The van der Waals surface area contributed by atoms with Gasteiger partial charge in [0.05, 0.1) is 5.75 Å². The molecule has 0 aromatic carbocycles. The molecular formula is C10H15ClN2O2S2. The van der Waals surface area contributed by atoms with Crippen molar-refractivity contribution in [1.29, 1.82) is 0 Å². The summed E-state index contributed by atoms with van der Waals surface area (Å²) in [6.45, 7) is 4.01. The number of rotatable bonds is 5. The number of nitrogens with zero attached hydrogens (tertiary/aromatic N) is 2. The van der Waals surface area contributed by atoms with Gasteiger partial charge in [0, 0.05) is 17.6 Å². The van der Waals surface area contributed by atoms with Crippen LogP contribution >= 0.6 is 23.4 Å². The van der Waals surface area contributed by atoms with E-state index in [1.165, 1.54) is 24.3 Å². The molecule has 17 heavy (non-hydrogen) atoms. The van der Waals surface area contributed by atoms with Gasteiger partial charge in [0.2, 0.25) is 0 Å². The highest BCUT2D eigenvalue weighted by Gasteiger charge is 2.14. The van der Waals surface area contributed by atoms with Crippen LogP contribution in [0.1, 0.15) is 25.3 Å². The first-order valence-corrected chi connectivity index (χ1v) is 8.54. The van der Waals surface area contributed by atoms with E-state index < -0.39 is 9.84 Å². The van der Waals surface area contributed by atoms with Crippen LogP contribution in [-0.2, 0) is 9.84 Å². The number of hydrogen-bond donors (Lipinski definition) is 0. The Bertz CT molecular complexity index is 489. The van der Waals surface area contributed by atoms with Crippen molar-refractivity contribution in [3.63, 3.8) is 0 Å². The van der Waals surface area contributed by atoms with Crippen molar-refractivity contribution >= 4 is 33.2 Å². The zero-order valence-corrected chi connectivity index (χ0v) is 12.4. The molecule has 0 saturated heterocycles. The summed E-state index contributed by atoms with van der Waals surface area (Å²) in [5, 5.41) is 1.21. The van der Waals surface area contributed by atoms with E-state index in [1.807, 2.05) is 13.8 Å². The normalized spacial score (nSPS) is 12.1. The smallest absolute Gasteiger partial charge is 0.148 e. The second-order valence-corrected chi connectivity index (χ2v) is 7.72. The fourth-order valence-corrected chi connectivity index (χ4v) is 4.00. The molecule has 1 heterocycles. The molecule has 0 N–H and O–H groups in total. The van der Waals surface area contributed by atoms with E-state index >= 15 is 0 Å². The highest BCUT2D eigenvalue weighted by molar-refractivity contribution is 8.00. The largest absolute Gasteiger partial charge is 0.230 e. The summed E-state index contributed by atoms with van der Waals surface area (Å²) in [4.78, 5) is 8.09. The summed E-state index contributed by atoms with van der Waals surface area (Å²) < 4.78 is 22.1. The average molecular weight is 295 g/mol. The van der Waals surface area contributed by atoms with E-state index in [0.29, 0.717) is 10.9 Å². The summed E-state index contributed by atoms with van der Waals surface area (Å²) in [6.07, 6.45) is 2.63. The minimum atomic E-state index is -2.93. The molecule has 0 amide bonds. The fraction of sp³-hybridized carbons (Fsp3) is 0.600. The van der Waals surface area contributed by atoms with Crippen LogP contribution in [0.15, 0.2) is 11.4 Å². The lowest BCUT2D eigenvalue weighted by molar-refractivity contribution is 0.603. The minimum Gasteiger partial charge on any atom is -0.230 e. The summed E-state index contributed by atoms with van der Waals surface area (Å²) in [5.74, 6) is 0.826. The fourth-order valence-electron chi connectivity index (χ4n) is 1.25. The minimum absolute atomic E-state index is 0.136. The average Bonchev–Trinajstić information content (AvgIpc) is 2.14. The first kappa shape index (κ1) is 14.7. The lowest BCUT2D eigenvalue weighted by atomic mass is 10.1. The molecule has 1 aromatic heterocycles. The maximum absolute atomic E-state index is 11.0. The highest BCUT2D eigenvalue weighted by atomic mass is 35.5. The molecular weight excluding hydrogens is 280 g/mol. The molecule has 0 radical (unpaired) electrons. The number of halogens is 1. The predicted molar refractivity (Wildman–Crippen MR) is 71.6 cm³/mol. The van der Waals surface area contributed by atoms with Crippen molar-refractivity contribution in [2.45, 2.75) is 24.8 Å². The van der Waals surface area contributed by atoms with Crippen LogP contribution in [0.5, 0.6) is 0 Å². The van der Waals surface area contributed by atoms with Gasteiger partial charge in [-0.2, -0.15) is 0 Å². The van der Waals surface area contributed by atoms with E-state index in [1.54, 1.807) is 0 Å². The Morgan fingerprint density at radius 3 is 2.59 bits per heavy atom. The van der Waals surface area contributed by atoms with Crippen LogP contribution in [0.25, 0.3) is 0 Å². The van der Waals surface area contributed by atoms with Gasteiger partial charge in [0.15, 0.2) is 0 Å². The van der Waals surface area contributed by atoms with Crippen molar-refractivity contribution in [2.75, 3.05) is 17.8 Å². The Morgan fingerprint density at radius 1 is 1.41 bits per heavy atom. The quantitative estimate of drug-likeness (QED) is 0.616. The van der Waals surface area contributed by atoms with Crippen molar-refractivity contribution in [1.82, 2.24) is 9.97 Å². The number of aromatic nitrogens is 2. The molecule has 96 valence electrons. The lowest BCUT2D eigenvalue weighted by Gasteiger charge is -2.11. The summed E-state index contributed by atoms with van der Waals surface area (Å²) in [6, 6.07) is 0. The third-order valence-electron chi connectivity index (χ3n) is 2.07. The van der Waals surface area contributed by atoms with E-state index in [9.17, 15) is 8.42 Å². The van der Waals surface area contributed by atoms with Gasteiger partial charge in [-0.25, -0.2) is 18.4 Å². The Balaban J connectivity index is 2.81. The molecule has 0 saturated carbocycles. The van der Waals surface area contributed by atoms with Crippen molar-refractivity contribution in [2.24, 2.45) is 0 Å². The molecule has 4 nitrogen and oxygen atoms in total. The van der Waals surface area contributed by atoms with E-state index in [0.717, 1.165) is 10.6 Å². The van der Waals surface area contributed by atoms with Crippen molar-refractivity contribution in [3.05, 3.63) is 17.0 Å². The summed E-state index contributed by atoms with van der Waals surface area (Å²) >= 11 is 7.41. The van der Waals surface area contributed by atoms with Gasteiger partial charge in [-0.1, -0.05) is 25.4 Å². The molecule has 0 aliphatic rings. The van der Waals surface area contributed by atoms with Crippen LogP contribution in [-0.4, -0.2) is 36.1 Å². The first-order chi connectivity index (χ1) is 7.81. The molecule has 0 fully saturated rings. The Labute approximate surface area is 111 Å². The SMILES string of the molecule is CC(C)c1c(Cl)ncnc1SCCS(C)(=O)=O. The Hall–Kier alpha value is -0.330. The highest BCUT2D eigenvalue weighted by Crippen LogP contribution is 2.30. The molecule has 7 heteroatoms. The second-order valence-electron chi connectivity index (χ2n) is 4.02. The zero-order chi connectivity index (χ0) is 13.1. The first-order valence-electron chi connectivity index (χ1n) is 5.12. The molecule has 0 atom stereocenters. The van der Waals surface area contributed by atoms with E-state index in [4.69, 9.17) is 11.6 Å². The maximum Gasteiger partial charge on any atom is 0.148 e. The topological polar surface area (TPSA) is 59.9 Å². The molecule has 0 aliphatic heterocycles.